The largest absolute Gasteiger partial charge is 0.367 e. The summed E-state index contributed by atoms with van der Waals surface area (Å²) in [5.41, 5.74) is 1.39. The van der Waals surface area contributed by atoms with Gasteiger partial charge in [0, 0.05) is 26.2 Å². The van der Waals surface area contributed by atoms with E-state index in [0.29, 0.717) is 41.8 Å². The summed E-state index contributed by atoms with van der Waals surface area (Å²) in [5.74, 6) is -0.720. The van der Waals surface area contributed by atoms with E-state index in [0.717, 1.165) is 29.2 Å². The first-order valence-corrected chi connectivity index (χ1v) is 12.5. The van der Waals surface area contributed by atoms with E-state index in [9.17, 15) is 17.6 Å². The minimum absolute atomic E-state index is 0.0877. The quantitative estimate of drug-likeness (QED) is 0.579. The molecular weight excluding hydrogens is 475 g/mol. The monoisotopic (exact) mass is 494 g/mol. The van der Waals surface area contributed by atoms with E-state index in [2.05, 4.69) is 14.6 Å². The third-order valence-electron chi connectivity index (χ3n) is 5.10. The first-order chi connectivity index (χ1) is 15.2. The molecule has 168 valence electrons. The van der Waals surface area contributed by atoms with E-state index < -0.39 is 15.8 Å². The Balaban J connectivity index is 1.44. The van der Waals surface area contributed by atoms with Crippen LogP contribution in [0.3, 0.4) is 0 Å². The Morgan fingerprint density at radius 3 is 2.41 bits per heavy atom. The number of para-hydroxylation sites is 1. The molecule has 7 nitrogen and oxygen atoms in total. The summed E-state index contributed by atoms with van der Waals surface area (Å²) < 4.78 is 40.5. The average Bonchev–Trinajstić information content (AvgIpc) is 3.13. The van der Waals surface area contributed by atoms with Crippen LogP contribution in [0.25, 0.3) is 0 Å². The fraction of sp³-hybridized carbons (Fsp3) is 0.238. The Bertz CT molecular complexity index is 1240. The van der Waals surface area contributed by atoms with Gasteiger partial charge in [-0.3, -0.25) is 9.52 Å². The maximum atomic E-state index is 13.1. The van der Waals surface area contributed by atoms with E-state index in [1.807, 2.05) is 24.3 Å². The number of anilines is 2. The fourth-order valence-corrected chi connectivity index (χ4v) is 5.85. The highest BCUT2D eigenvalue weighted by Crippen LogP contribution is 2.29. The Hall–Kier alpha value is -2.69. The maximum absolute atomic E-state index is 13.1. The number of amides is 1. The normalized spacial score (nSPS) is 14.5. The van der Waals surface area contributed by atoms with Crippen molar-refractivity contribution in [2.24, 2.45) is 0 Å². The van der Waals surface area contributed by atoms with Crippen LogP contribution in [0.4, 0.5) is 15.2 Å². The maximum Gasteiger partial charge on any atom is 0.266 e. The molecule has 0 unspecified atom stereocenters. The van der Waals surface area contributed by atoms with Gasteiger partial charge in [-0.2, -0.15) is 0 Å². The molecule has 0 bridgehead atoms. The number of aryl methyl sites for hydroxylation is 1. The SMILES string of the molecule is Cc1nc(NS(=O)(=O)c2ccc(F)cc2)sc1C(=O)N1CCN(c2ccccc2Cl)CC1. The van der Waals surface area contributed by atoms with E-state index in [1.54, 1.807) is 11.8 Å². The summed E-state index contributed by atoms with van der Waals surface area (Å²) in [6.45, 7) is 3.96. The minimum Gasteiger partial charge on any atom is -0.367 e. The van der Waals surface area contributed by atoms with Crippen LogP contribution in [0.1, 0.15) is 15.4 Å². The molecule has 0 spiro atoms. The van der Waals surface area contributed by atoms with Crippen molar-refractivity contribution >= 4 is 49.7 Å². The van der Waals surface area contributed by atoms with Gasteiger partial charge in [0.25, 0.3) is 15.9 Å². The Morgan fingerprint density at radius 2 is 1.75 bits per heavy atom. The zero-order valence-electron chi connectivity index (χ0n) is 17.1. The zero-order valence-corrected chi connectivity index (χ0v) is 19.5. The summed E-state index contributed by atoms with van der Waals surface area (Å²) in [7, 11) is -3.94. The van der Waals surface area contributed by atoms with Gasteiger partial charge in [0.05, 0.1) is 21.3 Å². The number of rotatable bonds is 5. The van der Waals surface area contributed by atoms with Gasteiger partial charge in [-0.25, -0.2) is 17.8 Å². The van der Waals surface area contributed by atoms with E-state index >= 15 is 0 Å². The van der Waals surface area contributed by atoms with Gasteiger partial charge >= 0.3 is 0 Å². The van der Waals surface area contributed by atoms with E-state index in [-0.39, 0.29) is 15.9 Å². The Kier molecular flexibility index (Phi) is 6.36. The summed E-state index contributed by atoms with van der Waals surface area (Å²) >= 11 is 7.26. The lowest BCUT2D eigenvalue weighted by Gasteiger charge is -2.36. The number of halogens is 2. The standard InChI is InChI=1S/C21H20ClFN4O3S2/c1-14-19(31-21(24-14)25-32(29,30)16-8-6-15(23)7-9-16)20(28)27-12-10-26(11-13-27)18-5-3-2-4-17(18)22/h2-9H,10-13H2,1H3,(H,24,25). The summed E-state index contributed by atoms with van der Waals surface area (Å²) in [5, 5.41) is 0.758. The van der Waals surface area contributed by atoms with Crippen LogP contribution in [0, 0.1) is 12.7 Å². The molecule has 3 aromatic rings. The summed E-state index contributed by atoms with van der Waals surface area (Å²) in [4.78, 5) is 21.4. The molecule has 1 aliphatic rings. The molecule has 2 aromatic carbocycles. The van der Waals surface area contributed by atoms with Crippen molar-refractivity contribution in [2.45, 2.75) is 11.8 Å². The van der Waals surface area contributed by atoms with Crippen LogP contribution in [-0.4, -0.2) is 50.4 Å². The number of nitrogens with zero attached hydrogens (tertiary/aromatic N) is 3. The van der Waals surface area contributed by atoms with Gasteiger partial charge in [-0.15, -0.1) is 0 Å². The number of thiazole rings is 1. The Labute approximate surface area is 194 Å². The van der Waals surface area contributed by atoms with Crippen LogP contribution >= 0.6 is 22.9 Å². The van der Waals surface area contributed by atoms with Crippen molar-refractivity contribution in [3.05, 3.63) is 69.9 Å². The minimum atomic E-state index is -3.94. The highest BCUT2D eigenvalue weighted by molar-refractivity contribution is 7.93. The van der Waals surface area contributed by atoms with Crippen molar-refractivity contribution in [3.63, 3.8) is 0 Å². The Morgan fingerprint density at radius 1 is 1.09 bits per heavy atom. The molecule has 1 aromatic heterocycles. The molecule has 1 fully saturated rings. The first-order valence-electron chi connectivity index (χ1n) is 9.79. The average molecular weight is 495 g/mol. The van der Waals surface area contributed by atoms with Crippen LogP contribution in [0.15, 0.2) is 53.4 Å². The molecule has 1 aliphatic heterocycles. The van der Waals surface area contributed by atoms with Gasteiger partial charge in [0.2, 0.25) is 0 Å². The number of hydrogen-bond donors (Lipinski definition) is 1. The number of hydrogen-bond acceptors (Lipinski definition) is 6. The predicted octanol–water partition coefficient (Wildman–Crippen LogP) is 4.01. The van der Waals surface area contributed by atoms with Crippen molar-refractivity contribution in [1.29, 1.82) is 0 Å². The lowest BCUT2D eigenvalue weighted by Crippen LogP contribution is -2.48. The van der Waals surface area contributed by atoms with Crippen LogP contribution < -0.4 is 9.62 Å². The summed E-state index contributed by atoms with van der Waals surface area (Å²) in [6, 6.07) is 12.1. The molecule has 1 amide bonds. The number of carbonyl (C=O) groups excluding carboxylic acids is 1. The molecule has 32 heavy (non-hydrogen) atoms. The number of benzene rings is 2. The molecule has 4 rings (SSSR count). The lowest BCUT2D eigenvalue weighted by atomic mass is 10.2. The smallest absolute Gasteiger partial charge is 0.266 e. The van der Waals surface area contributed by atoms with Gasteiger partial charge in [-0.1, -0.05) is 35.1 Å². The highest BCUT2D eigenvalue weighted by Gasteiger charge is 2.27. The predicted molar refractivity (Wildman–Crippen MR) is 124 cm³/mol. The molecule has 0 radical (unpaired) electrons. The number of piperazine rings is 1. The molecule has 1 N–H and O–H groups in total. The van der Waals surface area contributed by atoms with Crippen molar-refractivity contribution in [3.8, 4) is 0 Å². The van der Waals surface area contributed by atoms with Gasteiger partial charge in [0.15, 0.2) is 5.13 Å². The van der Waals surface area contributed by atoms with Gasteiger partial charge in [-0.05, 0) is 43.3 Å². The number of aromatic nitrogens is 1. The number of sulfonamides is 1. The molecule has 0 aliphatic carbocycles. The van der Waals surface area contributed by atoms with E-state index in [4.69, 9.17) is 11.6 Å². The molecule has 1 saturated heterocycles. The van der Waals surface area contributed by atoms with Gasteiger partial charge < -0.3 is 9.80 Å². The lowest BCUT2D eigenvalue weighted by molar-refractivity contribution is 0.0750. The third-order valence-corrected chi connectivity index (χ3v) is 7.96. The van der Waals surface area contributed by atoms with Gasteiger partial charge in [0.1, 0.15) is 10.7 Å². The van der Waals surface area contributed by atoms with Crippen LogP contribution in [0.2, 0.25) is 5.02 Å². The third kappa shape index (κ3) is 4.72. The first kappa shape index (κ1) is 22.5. The molecule has 11 heteroatoms. The number of carbonyl (C=O) groups is 1. The topological polar surface area (TPSA) is 82.6 Å². The van der Waals surface area contributed by atoms with Crippen molar-refractivity contribution in [2.75, 3.05) is 35.8 Å². The van der Waals surface area contributed by atoms with Crippen LogP contribution in [0.5, 0.6) is 0 Å². The molecular formula is C21H20ClFN4O3S2. The molecule has 2 heterocycles. The second-order valence-corrected chi connectivity index (χ2v) is 10.3. The number of nitrogens with one attached hydrogen (secondary N) is 1. The second kappa shape index (κ2) is 9.05. The van der Waals surface area contributed by atoms with Crippen molar-refractivity contribution in [1.82, 2.24) is 9.88 Å². The fourth-order valence-electron chi connectivity index (χ4n) is 3.43. The van der Waals surface area contributed by atoms with Crippen molar-refractivity contribution < 1.29 is 17.6 Å². The zero-order chi connectivity index (χ0) is 22.9. The second-order valence-electron chi connectivity index (χ2n) is 7.22. The molecule has 0 atom stereocenters. The molecule has 0 saturated carbocycles. The summed E-state index contributed by atoms with van der Waals surface area (Å²) in [6.07, 6.45) is 0. The van der Waals surface area contributed by atoms with E-state index in [1.165, 1.54) is 12.1 Å². The highest BCUT2D eigenvalue weighted by atomic mass is 35.5. The van der Waals surface area contributed by atoms with Crippen LogP contribution in [-0.2, 0) is 10.0 Å².